The van der Waals surface area contributed by atoms with Crippen molar-refractivity contribution in [2.75, 3.05) is 0 Å². The van der Waals surface area contributed by atoms with E-state index in [4.69, 9.17) is 0 Å². The molecule has 7 aromatic rings. The zero-order chi connectivity index (χ0) is 39.0. The molecule has 1 heterocycles. The van der Waals surface area contributed by atoms with Crippen molar-refractivity contribution in [3.8, 4) is 44.5 Å². The highest BCUT2D eigenvalue weighted by molar-refractivity contribution is 6.18. The average Bonchev–Trinajstić information content (AvgIpc) is 3.41. The van der Waals surface area contributed by atoms with Crippen LogP contribution in [0, 0.1) is 0 Å². The zero-order valence-electron chi connectivity index (χ0n) is 35.0. The van der Waals surface area contributed by atoms with Crippen LogP contribution in [0.2, 0.25) is 0 Å². The number of hydrogen-bond donors (Lipinski definition) is 0. The maximum Gasteiger partial charge on any atom is 0.0568 e. The second kappa shape index (κ2) is 13.2. The van der Waals surface area contributed by atoms with Gasteiger partial charge in [0.05, 0.1) is 11.0 Å². The van der Waals surface area contributed by atoms with Gasteiger partial charge in [0.2, 0.25) is 0 Å². The molecular weight excluding hydrogens is 651 g/mol. The Bertz CT molecular complexity index is 2280. The number of aryl methyl sites for hydroxylation is 1. The lowest BCUT2D eigenvalue weighted by Crippen LogP contribution is -2.10. The third-order valence-corrected chi connectivity index (χ3v) is 11.5. The predicted molar refractivity (Wildman–Crippen MR) is 237 cm³/mol. The van der Waals surface area contributed by atoms with Crippen molar-refractivity contribution >= 4 is 21.8 Å². The molecule has 0 amide bonds. The minimum absolute atomic E-state index is 0.0864. The fraction of sp³-hybridized carbons (Fsp3) is 0.321. The van der Waals surface area contributed by atoms with E-state index in [2.05, 4.69) is 216 Å². The Balaban J connectivity index is 1.55. The first kappa shape index (κ1) is 37.4. The van der Waals surface area contributed by atoms with Gasteiger partial charge in [-0.3, -0.25) is 0 Å². The van der Waals surface area contributed by atoms with Crippen LogP contribution in [0.15, 0.2) is 121 Å². The van der Waals surface area contributed by atoms with E-state index in [1.807, 2.05) is 0 Å². The molecule has 0 aliphatic rings. The second-order valence-electron chi connectivity index (χ2n) is 19.7. The molecule has 0 radical (unpaired) electrons. The predicted octanol–water partition coefficient (Wildman–Crippen LogP) is 15.2. The quantitative estimate of drug-likeness (QED) is 0.171. The Morgan fingerprint density at radius 3 is 0.778 bits per heavy atom. The molecule has 1 aromatic heterocycles. The van der Waals surface area contributed by atoms with Crippen LogP contribution in [0.5, 0.6) is 0 Å². The van der Waals surface area contributed by atoms with Gasteiger partial charge in [0.25, 0.3) is 0 Å². The van der Waals surface area contributed by atoms with Crippen molar-refractivity contribution < 1.29 is 0 Å². The summed E-state index contributed by atoms with van der Waals surface area (Å²) in [5.74, 6) is 0. The van der Waals surface area contributed by atoms with Crippen molar-refractivity contribution in [3.05, 3.63) is 144 Å². The molecule has 1 nitrogen and oxygen atoms in total. The van der Waals surface area contributed by atoms with Crippen molar-refractivity contribution in [1.82, 2.24) is 4.57 Å². The van der Waals surface area contributed by atoms with Crippen LogP contribution in [-0.4, -0.2) is 4.57 Å². The lowest BCUT2D eigenvalue weighted by molar-refractivity contribution is 0.590. The summed E-state index contributed by atoms with van der Waals surface area (Å²) in [5.41, 5.74) is 18.2. The summed E-state index contributed by atoms with van der Waals surface area (Å²) in [6, 6.07) is 46.7. The smallest absolute Gasteiger partial charge is 0.0568 e. The van der Waals surface area contributed by atoms with E-state index in [0.717, 1.165) is 0 Å². The normalized spacial score (nSPS) is 12.9. The Hall–Kier alpha value is -4.88. The summed E-state index contributed by atoms with van der Waals surface area (Å²) in [7, 11) is 2.26. The molecule has 0 saturated heterocycles. The summed E-state index contributed by atoms with van der Waals surface area (Å²) in [6.45, 7) is 27.4. The first-order valence-electron chi connectivity index (χ1n) is 19.7. The van der Waals surface area contributed by atoms with Crippen LogP contribution in [0.1, 0.15) is 105 Å². The number of fused-ring (bicyclic) bond motifs is 3. The Morgan fingerprint density at radius 1 is 0.296 bits per heavy atom. The highest BCUT2D eigenvalue weighted by atomic mass is 14.9. The maximum absolute atomic E-state index is 2.46. The van der Waals surface area contributed by atoms with Gasteiger partial charge in [-0.05, 0) is 102 Å². The summed E-state index contributed by atoms with van der Waals surface area (Å²) in [4.78, 5) is 0. The van der Waals surface area contributed by atoms with E-state index in [1.165, 1.54) is 88.6 Å². The fourth-order valence-corrected chi connectivity index (χ4v) is 7.91. The molecule has 0 spiro atoms. The van der Waals surface area contributed by atoms with Gasteiger partial charge in [0.1, 0.15) is 0 Å². The zero-order valence-corrected chi connectivity index (χ0v) is 35.0. The van der Waals surface area contributed by atoms with Crippen LogP contribution in [0.25, 0.3) is 66.3 Å². The van der Waals surface area contributed by atoms with E-state index >= 15 is 0 Å². The van der Waals surface area contributed by atoms with Gasteiger partial charge in [0, 0.05) is 28.9 Å². The van der Waals surface area contributed by atoms with Gasteiger partial charge < -0.3 is 4.57 Å². The van der Waals surface area contributed by atoms with E-state index in [-0.39, 0.29) is 21.7 Å². The molecule has 6 aromatic carbocycles. The van der Waals surface area contributed by atoms with Crippen LogP contribution >= 0.6 is 0 Å². The van der Waals surface area contributed by atoms with Gasteiger partial charge in [-0.25, -0.2) is 0 Å². The van der Waals surface area contributed by atoms with Crippen LogP contribution < -0.4 is 0 Å². The number of hydrogen-bond acceptors (Lipinski definition) is 0. The van der Waals surface area contributed by atoms with Gasteiger partial charge in [-0.1, -0.05) is 180 Å². The Morgan fingerprint density at radius 2 is 0.537 bits per heavy atom. The van der Waals surface area contributed by atoms with Gasteiger partial charge in [-0.15, -0.1) is 0 Å². The summed E-state index contributed by atoms with van der Waals surface area (Å²) >= 11 is 0. The highest BCUT2D eigenvalue weighted by Crippen LogP contribution is 2.45. The number of nitrogens with zero attached hydrogens (tertiary/aromatic N) is 1. The number of benzene rings is 6. The van der Waals surface area contributed by atoms with Crippen LogP contribution in [0.4, 0.5) is 0 Å². The molecule has 0 atom stereocenters. The highest BCUT2D eigenvalue weighted by Gasteiger charge is 2.23. The third-order valence-electron chi connectivity index (χ3n) is 11.5. The van der Waals surface area contributed by atoms with Crippen molar-refractivity contribution in [1.29, 1.82) is 0 Å². The molecule has 1 heteroatoms. The number of aromatic nitrogens is 1. The largest absolute Gasteiger partial charge is 0.343 e. The minimum atomic E-state index is 0.0864. The number of rotatable bonds is 4. The Labute approximate surface area is 325 Å². The summed E-state index contributed by atoms with van der Waals surface area (Å²) < 4.78 is 2.46. The minimum Gasteiger partial charge on any atom is -0.343 e. The first-order valence-corrected chi connectivity index (χ1v) is 19.7. The van der Waals surface area contributed by atoms with Crippen molar-refractivity contribution in [2.24, 2.45) is 7.05 Å². The Kier molecular flexibility index (Phi) is 9.12. The van der Waals surface area contributed by atoms with Crippen molar-refractivity contribution in [3.63, 3.8) is 0 Å². The lowest BCUT2D eigenvalue weighted by atomic mass is 9.85. The fourth-order valence-electron chi connectivity index (χ4n) is 7.91. The molecule has 0 fully saturated rings. The van der Waals surface area contributed by atoms with Gasteiger partial charge in [0.15, 0.2) is 0 Å². The summed E-state index contributed by atoms with van der Waals surface area (Å²) in [5, 5.41) is 2.56. The van der Waals surface area contributed by atoms with E-state index in [1.54, 1.807) is 0 Å². The van der Waals surface area contributed by atoms with E-state index in [0.29, 0.717) is 0 Å². The first-order chi connectivity index (χ1) is 25.2. The maximum atomic E-state index is 2.46. The molecule has 0 saturated carbocycles. The standard InChI is InChI=1S/C53H59N/c1-50(2,3)40-22-14-34(15-23-40)38-30-44(36-18-26-42(27-19-36)52(7,8)9)48-46(32-38)47-33-39(35-16-24-41(25-17-35)51(4,5)6)31-45(49(47)54(48)13)37-20-28-43(29-21-37)53(10,11)12/h14-33H,1-13H3. The molecule has 0 N–H and O–H groups in total. The molecule has 0 unspecified atom stereocenters. The van der Waals surface area contributed by atoms with Crippen LogP contribution in [-0.2, 0) is 28.7 Å². The summed E-state index contributed by atoms with van der Waals surface area (Å²) in [6.07, 6.45) is 0. The molecule has 7 rings (SSSR count). The molecular formula is C53H59N. The van der Waals surface area contributed by atoms with Crippen molar-refractivity contribution in [2.45, 2.75) is 105 Å². The second-order valence-corrected chi connectivity index (χ2v) is 19.7. The molecule has 276 valence electrons. The average molecular weight is 710 g/mol. The molecule has 0 aliphatic carbocycles. The SMILES string of the molecule is Cn1c2c(-c3ccc(C(C)(C)C)cc3)cc(-c3ccc(C(C)(C)C)cc3)cc2c2cc(-c3ccc(C(C)(C)C)cc3)cc(-c3ccc(C(C)(C)C)cc3)c21. The van der Waals surface area contributed by atoms with Crippen LogP contribution in [0.3, 0.4) is 0 Å². The lowest BCUT2D eigenvalue weighted by Gasteiger charge is -2.20. The molecule has 0 aliphatic heterocycles. The third kappa shape index (κ3) is 7.06. The van der Waals surface area contributed by atoms with Gasteiger partial charge in [-0.2, -0.15) is 0 Å². The topological polar surface area (TPSA) is 4.93 Å². The van der Waals surface area contributed by atoms with Gasteiger partial charge >= 0.3 is 0 Å². The molecule has 0 bridgehead atoms. The monoisotopic (exact) mass is 709 g/mol. The van der Waals surface area contributed by atoms with E-state index < -0.39 is 0 Å². The van der Waals surface area contributed by atoms with E-state index in [9.17, 15) is 0 Å². The molecule has 54 heavy (non-hydrogen) atoms.